The Morgan fingerprint density at radius 3 is 2.50 bits per heavy atom. The van der Waals surface area contributed by atoms with Crippen LogP contribution in [0.3, 0.4) is 0 Å². The Bertz CT molecular complexity index is 2300. The van der Waals surface area contributed by atoms with E-state index in [1.165, 1.54) is 12.1 Å². The first-order valence-corrected chi connectivity index (χ1v) is 15.6. The third-order valence-corrected chi connectivity index (χ3v) is 9.22. The van der Waals surface area contributed by atoms with Gasteiger partial charge in [0, 0.05) is 45.2 Å². The van der Waals surface area contributed by atoms with Gasteiger partial charge in [-0.25, -0.2) is 13.5 Å². The van der Waals surface area contributed by atoms with Crippen LogP contribution in [0.1, 0.15) is 59.0 Å². The molecule has 0 radical (unpaired) electrons. The van der Waals surface area contributed by atoms with Crippen molar-refractivity contribution in [1.82, 2.24) is 24.9 Å². The molecule has 6 aromatic rings. The summed E-state index contributed by atoms with van der Waals surface area (Å²) in [5.41, 5.74) is 2.72. The molecule has 2 N–H and O–H groups in total. The van der Waals surface area contributed by atoms with Crippen molar-refractivity contribution in [3.8, 4) is 11.3 Å². The van der Waals surface area contributed by atoms with Gasteiger partial charge in [-0.2, -0.15) is 0 Å². The number of aromatic nitrogens is 4. The molecule has 0 bridgehead atoms. The van der Waals surface area contributed by atoms with E-state index >= 15 is 0 Å². The molecule has 2 amide bonds. The molecule has 1 saturated heterocycles. The Morgan fingerprint density at radius 2 is 1.71 bits per heavy atom. The monoisotopic (exact) mass is 646 g/mol. The van der Waals surface area contributed by atoms with E-state index in [-0.39, 0.29) is 40.3 Å². The van der Waals surface area contributed by atoms with Gasteiger partial charge in [0.05, 0.1) is 23.3 Å². The van der Waals surface area contributed by atoms with Crippen LogP contribution >= 0.6 is 0 Å². The van der Waals surface area contributed by atoms with E-state index in [0.717, 1.165) is 29.3 Å². The maximum absolute atomic E-state index is 14.9. The molecule has 48 heavy (non-hydrogen) atoms. The molecule has 9 nitrogen and oxygen atoms in total. The molecule has 1 aliphatic rings. The molecule has 2 aromatic heterocycles. The Labute approximate surface area is 274 Å². The fraction of sp³-hybridized carbons (Fsp3) is 0.216. The molecule has 242 valence electrons. The fourth-order valence-electron chi connectivity index (χ4n) is 6.44. The lowest BCUT2D eigenvalue weighted by Crippen LogP contribution is -2.53. The second-order valence-electron chi connectivity index (χ2n) is 12.9. The normalized spacial score (nSPS) is 15.9. The van der Waals surface area contributed by atoms with Crippen molar-refractivity contribution in [2.75, 3.05) is 11.9 Å². The average Bonchev–Trinajstić information content (AvgIpc) is 3.56. The van der Waals surface area contributed by atoms with Crippen molar-refractivity contribution >= 4 is 39.3 Å². The summed E-state index contributed by atoms with van der Waals surface area (Å²) in [5.74, 6) is -2.01. The summed E-state index contributed by atoms with van der Waals surface area (Å²) >= 11 is 0. The molecule has 0 aliphatic carbocycles. The van der Waals surface area contributed by atoms with Gasteiger partial charge in [-0.05, 0) is 87.7 Å². The summed E-state index contributed by atoms with van der Waals surface area (Å²) in [5, 5.41) is 11.8. The number of fused-ring (bicyclic) bond motifs is 2. The number of para-hydroxylation sites is 1. The lowest BCUT2D eigenvalue weighted by Gasteiger charge is -2.45. The van der Waals surface area contributed by atoms with Crippen LogP contribution in [-0.2, 0) is 0 Å². The van der Waals surface area contributed by atoms with Crippen LogP contribution in [0.4, 0.5) is 14.5 Å². The maximum Gasteiger partial charge on any atom is 0.256 e. The number of carbonyl (C=O) groups excluding carboxylic acids is 2. The summed E-state index contributed by atoms with van der Waals surface area (Å²) in [6.07, 6.45) is 3.13. The molecule has 11 heteroatoms. The Kier molecular flexibility index (Phi) is 7.62. The molecule has 4 aromatic carbocycles. The second kappa shape index (κ2) is 11.8. The number of carbonyl (C=O) groups is 2. The number of anilines is 1. The lowest BCUT2D eigenvalue weighted by atomic mass is 9.87. The molecule has 0 spiro atoms. The molecule has 1 atom stereocenters. The molecule has 3 heterocycles. The molecule has 1 unspecified atom stereocenters. The molecule has 7 rings (SSSR count). The largest absolute Gasteiger partial charge is 0.354 e. The van der Waals surface area contributed by atoms with Crippen molar-refractivity contribution in [2.24, 2.45) is 0 Å². The Balaban J connectivity index is 1.18. The number of pyridine rings is 1. The van der Waals surface area contributed by atoms with Gasteiger partial charge in [-0.1, -0.05) is 35.5 Å². The average molecular weight is 647 g/mol. The number of nitrogens with one attached hydrogen (secondary N) is 2. The first-order chi connectivity index (χ1) is 23.0. The summed E-state index contributed by atoms with van der Waals surface area (Å²) in [6.45, 7) is 6.03. The van der Waals surface area contributed by atoms with Crippen molar-refractivity contribution in [3.05, 3.63) is 124 Å². The van der Waals surface area contributed by atoms with E-state index in [2.05, 4.69) is 20.6 Å². The number of benzene rings is 4. The highest BCUT2D eigenvalue weighted by molar-refractivity contribution is 6.08. The Hall–Kier alpha value is -5.71. The molecular formula is C37H32F2N6O3. The minimum atomic E-state index is -0.741. The number of H-pyrrole nitrogens is 1. The topological polar surface area (TPSA) is 113 Å². The van der Waals surface area contributed by atoms with Crippen LogP contribution in [0, 0.1) is 18.6 Å². The highest BCUT2D eigenvalue weighted by atomic mass is 19.1. The van der Waals surface area contributed by atoms with Crippen LogP contribution in [0.2, 0.25) is 0 Å². The van der Waals surface area contributed by atoms with Gasteiger partial charge in [0.1, 0.15) is 17.3 Å². The zero-order valence-electron chi connectivity index (χ0n) is 26.6. The third-order valence-electron chi connectivity index (χ3n) is 9.22. The number of aryl methyl sites for hydroxylation is 1. The van der Waals surface area contributed by atoms with E-state index in [0.29, 0.717) is 35.3 Å². The van der Waals surface area contributed by atoms with Gasteiger partial charge in [0.25, 0.3) is 11.8 Å². The number of hydrogen-bond donors (Lipinski definition) is 2. The van der Waals surface area contributed by atoms with Crippen LogP contribution in [0.5, 0.6) is 0 Å². The highest BCUT2D eigenvalue weighted by Crippen LogP contribution is 2.35. The fourth-order valence-corrected chi connectivity index (χ4v) is 6.44. The number of piperidine rings is 1. The predicted molar refractivity (Wildman–Crippen MR) is 180 cm³/mol. The zero-order chi connectivity index (χ0) is 33.7. The third kappa shape index (κ3) is 5.61. The van der Waals surface area contributed by atoms with Crippen molar-refractivity contribution < 1.29 is 18.4 Å². The first-order valence-electron chi connectivity index (χ1n) is 15.6. The van der Waals surface area contributed by atoms with Gasteiger partial charge in [-0.3, -0.25) is 14.4 Å². The summed E-state index contributed by atoms with van der Waals surface area (Å²) in [4.78, 5) is 45.4. The first kappa shape index (κ1) is 30.9. The second-order valence-corrected chi connectivity index (χ2v) is 12.9. The van der Waals surface area contributed by atoms with Gasteiger partial charge in [0.15, 0.2) is 5.43 Å². The smallest absolute Gasteiger partial charge is 0.256 e. The minimum Gasteiger partial charge on any atom is -0.354 e. The van der Waals surface area contributed by atoms with Crippen LogP contribution in [0.15, 0.2) is 89.9 Å². The van der Waals surface area contributed by atoms with Crippen LogP contribution in [0.25, 0.3) is 33.1 Å². The van der Waals surface area contributed by atoms with E-state index < -0.39 is 28.5 Å². The summed E-state index contributed by atoms with van der Waals surface area (Å²) < 4.78 is 30.6. The number of amides is 2. The van der Waals surface area contributed by atoms with E-state index in [9.17, 15) is 23.2 Å². The lowest BCUT2D eigenvalue weighted by molar-refractivity contribution is 0.0310. The number of hydrogen-bond acceptors (Lipinski definition) is 5. The van der Waals surface area contributed by atoms with Gasteiger partial charge in [0.2, 0.25) is 0 Å². The van der Waals surface area contributed by atoms with Crippen molar-refractivity contribution in [1.29, 1.82) is 0 Å². The maximum atomic E-state index is 14.9. The summed E-state index contributed by atoms with van der Waals surface area (Å²) in [6, 6.07) is 20.5. The van der Waals surface area contributed by atoms with Gasteiger partial charge in [-0.15, -0.1) is 5.10 Å². The Morgan fingerprint density at radius 1 is 0.938 bits per heavy atom. The highest BCUT2D eigenvalue weighted by Gasteiger charge is 2.39. The van der Waals surface area contributed by atoms with Crippen LogP contribution in [-0.4, -0.2) is 48.8 Å². The molecule has 1 aliphatic heterocycles. The quantitative estimate of drug-likeness (QED) is 0.195. The molecular weight excluding hydrogens is 614 g/mol. The molecule has 0 saturated carbocycles. The number of aromatic amines is 1. The van der Waals surface area contributed by atoms with Crippen molar-refractivity contribution in [2.45, 2.75) is 45.2 Å². The SMILES string of the molecule is Cc1ccc(-c2cn(C3CCC(C)(C)N(C(=O)c4cc(F)cc5c(=O)c6cc(F)ccc6[nH]c45)C3)nn2)cc1C(=O)Nc1ccccc1. The van der Waals surface area contributed by atoms with Gasteiger partial charge >= 0.3 is 0 Å². The molecule has 1 fully saturated rings. The number of halogens is 2. The van der Waals surface area contributed by atoms with E-state index in [1.807, 2.05) is 63.2 Å². The standard InChI is InChI=1S/C37H32F2N6O3/c1-21-9-10-22(15-27(21)35(47)40-25-7-5-4-6-8-25)32-20-45(43-42-32)26-13-14-37(2,3)44(19-26)36(48)30-18-24(39)17-29-33(30)41-31-12-11-23(38)16-28(31)34(29)46/h4-12,15-18,20,26H,13-14,19H2,1-3H3,(H,40,47)(H,41,46). The minimum absolute atomic E-state index is 0.0160. The number of rotatable bonds is 5. The van der Waals surface area contributed by atoms with Gasteiger partial charge < -0.3 is 15.2 Å². The summed E-state index contributed by atoms with van der Waals surface area (Å²) in [7, 11) is 0. The predicted octanol–water partition coefficient (Wildman–Crippen LogP) is 7.03. The van der Waals surface area contributed by atoms with Crippen molar-refractivity contribution in [3.63, 3.8) is 0 Å². The zero-order valence-corrected chi connectivity index (χ0v) is 26.6. The van der Waals surface area contributed by atoms with E-state index in [4.69, 9.17) is 0 Å². The number of nitrogens with zero attached hydrogens (tertiary/aromatic N) is 4. The van der Waals surface area contributed by atoms with Crippen LogP contribution < -0.4 is 10.7 Å². The van der Waals surface area contributed by atoms with E-state index in [1.54, 1.807) is 21.8 Å². The number of likely N-dealkylation sites (tertiary alicyclic amines) is 1.